The second-order valence-electron chi connectivity index (χ2n) is 2.59. The summed E-state index contributed by atoms with van der Waals surface area (Å²) in [6, 6.07) is 4.72. The van der Waals surface area contributed by atoms with Crippen LogP contribution in [0, 0.1) is 3.57 Å². The monoisotopic (exact) mass is 334 g/mol. The van der Waals surface area contributed by atoms with Gasteiger partial charge in [0.1, 0.15) is 0 Å². The van der Waals surface area contributed by atoms with Crippen LogP contribution in [-0.2, 0) is 10.2 Å². The van der Waals surface area contributed by atoms with E-state index in [2.05, 4.69) is 0 Å². The lowest BCUT2D eigenvalue weighted by atomic mass is 10.2. The van der Waals surface area contributed by atoms with Gasteiger partial charge in [0.15, 0.2) is 0 Å². The van der Waals surface area contributed by atoms with E-state index in [0.717, 1.165) is 12.1 Å². The van der Waals surface area contributed by atoms with Crippen molar-refractivity contribution in [1.82, 2.24) is 0 Å². The van der Waals surface area contributed by atoms with E-state index < -0.39 is 18.8 Å². The first-order valence-electron chi connectivity index (χ1n) is 3.44. The van der Waals surface area contributed by atoms with E-state index in [9.17, 15) is 13.3 Å². The van der Waals surface area contributed by atoms with Gasteiger partial charge in [-0.2, -0.15) is 8.78 Å². The zero-order valence-electron chi connectivity index (χ0n) is 6.69. The Bertz CT molecular complexity index is 373. The molecule has 7 heteroatoms. The highest BCUT2D eigenvalue weighted by Crippen LogP contribution is 2.59. The van der Waals surface area contributed by atoms with Crippen LogP contribution in [0.4, 0.5) is 8.78 Å². The number of rotatable bonds is 2. The Morgan fingerprint density at radius 2 is 1.64 bits per heavy atom. The maximum absolute atomic E-state index is 13.0. The minimum atomic E-state index is -5.44. The fourth-order valence-corrected chi connectivity index (χ4v) is 1.66. The van der Waals surface area contributed by atoms with Crippen molar-refractivity contribution in [3.05, 3.63) is 33.4 Å². The van der Waals surface area contributed by atoms with Crippen LogP contribution in [0.1, 0.15) is 5.56 Å². The van der Waals surface area contributed by atoms with Crippen molar-refractivity contribution in [3.8, 4) is 0 Å². The van der Waals surface area contributed by atoms with Crippen LogP contribution in [0.3, 0.4) is 0 Å². The summed E-state index contributed by atoms with van der Waals surface area (Å²) >= 11 is 1.91. The first kappa shape index (κ1) is 12.0. The Kier molecular flexibility index (Phi) is 3.30. The Hall–Kier alpha value is -0.0400. The zero-order chi connectivity index (χ0) is 11.0. The lowest BCUT2D eigenvalue weighted by Crippen LogP contribution is -2.13. The van der Waals surface area contributed by atoms with Gasteiger partial charge in [0, 0.05) is 9.13 Å². The Labute approximate surface area is 92.4 Å². The van der Waals surface area contributed by atoms with Crippen molar-refractivity contribution in [3.63, 3.8) is 0 Å². The average molecular weight is 334 g/mol. The normalized spacial score (nSPS) is 12.9. The molecule has 0 saturated heterocycles. The smallest absolute Gasteiger partial charge is 0.320 e. The molecule has 0 saturated carbocycles. The Morgan fingerprint density at radius 3 is 2.00 bits per heavy atom. The van der Waals surface area contributed by atoms with Gasteiger partial charge in [0.2, 0.25) is 0 Å². The largest absolute Gasteiger partial charge is 0.399 e. The van der Waals surface area contributed by atoms with Crippen LogP contribution in [0.5, 0.6) is 0 Å². The van der Waals surface area contributed by atoms with Gasteiger partial charge < -0.3 is 9.79 Å². The maximum atomic E-state index is 13.0. The van der Waals surface area contributed by atoms with Gasteiger partial charge in [-0.15, -0.1) is 0 Å². The van der Waals surface area contributed by atoms with E-state index in [1.165, 1.54) is 12.1 Å². The lowest BCUT2D eigenvalue weighted by molar-refractivity contribution is 0.0564. The summed E-state index contributed by atoms with van der Waals surface area (Å²) in [6.45, 7) is 0. The number of benzene rings is 1. The third-order valence-electron chi connectivity index (χ3n) is 1.56. The highest BCUT2D eigenvalue weighted by molar-refractivity contribution is 14.1. The standard InChI is InChI=1S/C7H6F2IO3P/c8-7(9,14(11,12)13)5-1-3-6(10)4-2-5/h1-4H,(H2,11,12,13). The maximum Gasteiger partial charge on any atom is 0.399 e. The molecule has 1 aromatic carbocycles. The van der Waals surface area contributed by atoms with Crippen molar-refractivity contribution in [2.45, 2.75) is 5.66 Å². The first-order valence-corrected chi connectivity index (χ1v) is 6.14. The van der Waals surface area contributed by atoms with Crippen molar-refractivity contribution >= 4 is 30.2 Å². The fourth-order valence-electron chi connectivity index (χ4n) is 0.819. The van der Waals surface area contributed by atoms with Crippen LogP contribution in [0.25, 0.3) is 0 Å². The number of halogens is 3. The molecule has 0 aliphatic rings. The second-order valence-corrected chi connectivity index (χ2v) is 5.49. The van der Waals surface area contributed by atoms with Crippen LogP contribution < -0.4 is 0 Å². The summed E-state index contributed by atoms with van der Waals surface area (Å²) in [5.74, 6) is 0. The summed E-state index contributed by atoms with van der Waals surface area (Å²) in [5.41, 5.74) is -4.79. The number of hydrogen-bond donors (Lipinski definition) is 2. The third kappa shape index (κ3) is 2.31. The predicted octanol–water partition coefficient (Wildman–Crippen LogP) is 2.52. The van der Waals surface area contributed by atoms with Gasteiger partial charge in [0.05, 0.1) is 0 Å². The van der Waals surface area contributed by atoms with Crippen molar-refractivity contribution in [2.75, 3.05) is 0 Å². The summed E-state index contributed by atoms with van der Waals surface area (Å²) in [5, 5.41) is 0. The SMILES string of the molecule is O=P(O)(O)C(F)(F)c1ccc(I)cc1. The minimum Gasteiger partial charge on any atom is -0.320 e. The highest BCUT2D eigenvalue weighted by atomic mass is 127. The van der Waals surface area contributed by atoms with E-state index in [-0.39, 0.29) is 0 Å². The van der Waals surface area contributed by atoms with Crippen LogP contribution in [-0.4, -0.2) is 9.79 Å². The van der Waals surface area contributed by atoms with Crippen LogP contribution in [0.2, 0.25) is 0 Å². The molecule has 1 aromatic rings. The Morgan fingerprint density at radius 1 is 1.21 bits per heavy atom. The lowest BCUT2D eigenvalue weighted by Gasteiger charge is -2.17. The molecule has 0 amide bonds. The van der Waals surface area contributed by atoms with Crippen LogP contribution >= 0.6 is 30.2 Å². The van der Waals surface area contributed by atoms with Crippen molar-refractivity contribution < 1.29 is 23.1 Å². The minimum absolute atomic E-state index is 0.675. The topological polar surface area (TPSA) is 57.5 Å². The summed E-state index contributed by atoms with van der Waals surface area (Å²) in [7, 11) is -5.44. The second kappa shape index (κ2) is 3.84. The molecule has 0 aliphatic heterocycles. The van der Waals surface area contributed by atoms with Crippen LogP contribution in [0.15, 0.2) is 24.3 Å². The molecule has 3 nitrogen and oxygen atoms in total. The highest BCUT2D eigenvalue weighted by Gasteiger charge is 2.50. The molecule has 0 heterocycles. The van der Waals surface area contributed by atoms with E-state index in [1.807, 2.05) is 22.6 Å². The molecule has 0 aromatic heterocycles. The summed E-state index contributed by atoms with van der Waals surface area (Å²) < 4.78 is 37.3. The molecule has 0 radical (unpaired) electrons. The van der Waals surface area contributed by atoms with Gasteiger partial charge in [-0.25, -0.2) is 0 Å². The Balaban J connectivity index is 3.17. The van der Waals surface area contributed by atoms with Gasteiger partial charge in [-0.1, -0.05) is 12.1 Å². The van der Waals surface area contributed by atoms with Gasteiger partial charge in [-0.05, 0) is 34.7 Å². The summed E-state index contributed by atoms with van der Waals surface area (Å²) in [4.78, 5) is 16.9. The van der Waals surface area contributed by atoms with Gasteiger partial charge in [0.25, 0.3) is 0 Å². The van der Waals surface area contributed by atoms with Gasteiger partial charge in [-0.3, -0.25) is 4.57 Å². The summed E-state index contributed by atoms with van der Waals surface area (Å²) in [6.07, 6.45) is 0. The molecular formula is C7H6F2IO3P. The van der Waals surface area contributed by atoms with E-state index in [0.29, 0.717) is 3.57 Å². The first-order chi connectivity index (χ1) is 6.25. The molecule has 0 aliphatic carbocycles. The molecule has 78 valence electrons. The van der Waals surface area contributed by atoms with E-state index >= 15 is 0 Å². The molecule has 2 N–H and O–H groups in total. The molecular weight excluding hydrogens is 328 g/mol. The molecule has 1 rings (SSSR count). The van der Waals surface area contributed by atoms with Crippen molar-refractivity contribution in [1.29, 1.82) is 0 Å². The quantitative estimate of drug-likeness (QED) is 0.646. The average Bonchev–Trinajstić information content (AvgIpc) is 2.03. The van der Waals surface area contributed by atoms with E-state index in [1.54, 1.807) is 0 Å². The molecule has 0 atom stereocenters. The number of alkyl halides is 2. The molecule has 0 fully saturated rings. The molecule has 0 unspecified atom stereocenters. The zero-order valence-corrected chi connectivity index (χ0v) is 9.75. The van der Waals surface area contributed by atoms with Crippen molar-refractivity contribution in [2.24, 2.45) is 0 Å². The molecule has 0 spiro atoms. The van der Waals surface area contributed by atoms with Gasteiger partial charge >= 0.3 is 13.3 Å². The van der Waals surface area contributed by atoms with E-state index in [4.69, 9.17) is 9.79 Å². The third-order valence-corrected chi connectivity index (χ3v) is 3.27. The predicted molar refractivity (Wildman–Crippen MR) is 55.1 cm³/mol. The molecule has 14 heavy (non-hydrogen) atoms. The molecule has 0 bridgehead atoms. The number of hydrogen-bond acceptors (Lipinski definition) is 1. The fraction of sp³-hybridized carbons (Fsp3) is 0.143.